The molecule has 0 saturated carbocycles. The molecule has 0 aliphatic rings. The number of hydrogen-bond donors (Lipinski definition) is 3. The number of furan rings is 1. The number of nitrogens with two attached hydrogens (primary N) is 1. The summed E-state index contributed by atoms with van der Waals surface area (Å²) in [6.45, 7) is 3.09. The first-order valence-electron chi connectivity index (χ1n) is 5.04. The third-order valence-electron chi connectivity index (χ3n) is 1.94. The molecule has 0 aliphatic carbocycles. The van der Waals surface area contributed by atoms with Gasteiger partial charge in [0.15, 0.2) is 0 Å². The predicted octanol–water partition coefficient (Wildman–Crippen LogP) is 0.223. The van der Waals surface area contributed by atoms with E-state index in [-0.39, 0.29) is 6.04 Å². The average molecular weight is 226 g/mol. The Kier molecular flexibility index (Phi) is 5.38. The van der Waals surface area contributed by atoms with Crippen LogP contribution < -0.4 is 16.6 Å². The molecule has 1 atom stereocenters. The van der Waals surface area contributed by atoms with E-state index in [1.807, 2.05) is 13.0 Å². The molecular weight excluding hydrogens is 208 g/mol. The minimum atomic E-state index is 0.143. The highest BCUT2D eigenvalue weighted by atomic mass is 16.5. The largest absolute Gasteiger partial charge is 0.472 e. The molecule has 1 unspecified atom stereocenters. The molecule has 0 aromatic carbocycles. The van der Waals surface area contributed by atoms with E-state index in [2.05, 4.69) is 15.7 Å². The Morgan fingerprint density at radius 1 is 1.69 bits per heavy atom. The van der Waals surface area contributed by atoms with E-state index in [1.165, 1.54) is 0 Å². The smallest absolute Gasteiger partial charge is 0.206 e. The maximum absolute atomic E-state index is 5.35. The van der Waals surface area contributed by atoms with Crippen molar-refractivity contribution < 1.29 is 9.15 Å². The molecule has 90 valence electrons. The van der Waals surface area contributed by atoms with Crippen molar-refractivity contribution in [1.29, 1.82) is 0 Å². The van der Waals surface area contributed by atoms with E-state index in [4.69, 9.17) is 15.0 Å². The third-order valence-corrected chi connectivity index (χ3v) is 1.94. The van der Waals surface area contributed by atoms with Gasteiger partial charge in [0.1, 0.15) is 0 Å². The highest BCUT2D eigenvalue weighted by Gasteiger charge is 2.03. The van der Waals surface area contributed by atoms with Crippen LogP contribution in [0.5, 0.6) is 0 Å². The molecule has 6 heteroatoms. The molecule has 0 spiro atoms. The lowest BCUT2D eigenvalue weighted by atomic mass is 10.3. The van der Waals surface area contributed by atoms with Gasteiger partial charge >= 0.3 is 0 Å². The van der Waals surface area contributed by atoms with Gasteiger partial charge in [-0.1, -0.05) is 0 Å². The first kappa shape index (κ1) is 12.5. The molecule has 0 radical (unpaired) electrons. The minimum Gasteiger partial charge on any atom is -0.472 e. The summed E-state index contributed by atoms with van der Waals surface area (Å²) in [5, 5.41) is 3.09. The lowest BCUT2D eigenvalue weighted by Crippen LogP contribution is -2.46. The summed E-state index contributed by atoms with van der Waals surface area (Å²) in [6, 6.07) is 2.00. The van der Waals surface area contributed by atoms with Crippen LogP contribution in [0, 0.1) is 0 Å². The maximum Gasteiger partial charge on any atom is 0.206 e. The molecule has 6 nitrogen and oxygen atoms in total. The van der Waals surface area contributed by atoms with E-state index in [1.54, 1.807) is 19.6 Å². The Labute approximate surface area is 94.8 Å². The monoisotopic (exact) mass is 226 g/mol. The van der Waals surface area contributed by atoms with Crippen LogP contribution in [0.25, 0.3) is 0 Å². The Bertz CT molecular complexity index is 311. The zero-order valence-electron chi connectivity index (χ0n) is 9.56. The number of hydrogen-bond acceptors (Lipinski definition) is 4. The van der Waals surface area contributed by atoms with Gasteiger partial charge in [0.25, 0.3) is 0 Å². The second kappa shape index (κ2) is 6.86. The van der Waals surface area contributed by atoms with Crippen LogP contribution in [0.4, 0.5) is 0 Å². The van der Waals surface area contributed by atoms with Crippen LogP contribution in [-0.2, 0) is 11.3 Å². The van der Waals surface area contributed by atoms with Gasteiger partial charge in [-0.2, -0.15) is 0 Å². The number of rotatable bonds is 5. The van der Waals surface area contributed by atoms with Crippen molar-refractivity contribution in [3.05, 3.63) is 24.2 Å². The Balaban J connectivity index is 2.43. The molecule has 1 aromatic rings. The van der Waals surface area contributed by atoms with Gasteiger partial charge in [-0.25, -0.2) is 10.8 Å². The van der Waals surface area contributed by atoms with E-state index in [0.29, 0.717) is 19.1 Å². The number of nitrogens with zero attached hydrogens (tertiary/aromatic N) is 1. The lowest BCUT2D eigenvalue weighted by Gasteiger charge is -2.15. The van der Waals surface area contributed by atoms with E-state index in [9.17, 15) is 0 Å². The van der Waals surface area contributed by atoms with Crippen LogP contribution in [0.15, 0.2) is 28.0 Å². The highest BCUT2D eigenvalue weighted by Crippen LogP contribution is 2.00. The summed E-state index contributed by atoms with van der Waals surface area (Å²) in [4.78, 5) is 4.26. The fourth-order valence-electron chi connectivity index (χ4n) is 1.21. The number of ether oxygens (including phenoxy) is 1. The molecule has 1 rings (SSSR count). The zero-order valence-corrected chi connectivity index (χ0v) is 9.56. The van der Waals surface area contributed by atoms with Crippen LogP contribution in [0.2, 0.25) is 0 Å². The molecular formula is C10H18N4O2. The van der Waals surface area contributed by atoms with Crippen molar-refractivity contribution in [2.45, 2.75) is 19.5 Å². The molecule has 1 heterocycles. The highest BCUT2D eigenvalue weighted by molar-refractivity contribution is 5.79. The Morgan fingerprint density at radius 2 is 2.50 bits per heavy atom. The van der Waals surface area contributed by atoms with Crippen molar-refractivity contribution in [1.82, 2.24) is 10.7 Å². The second-order valence-electron chi connectivity index (χ2n) is 3.44. The second-order valence-corrected chi connectivity index (χ2v) is 3.44. The van der Waals surface area contributed by atoms with Crippen LogP contribution in [0.1, 0.15) is 12.5 Å². The van der Waals surface area contributed by atoms with Gasteiger partial charge in [0.05, 0.1) is 25.7 Å². The lowest BCUT2D eigenvalue weighted by molar-refractivity contribution is 0.179. The van der Waals surface area contributed by atoms with Crippen molar-refractivity contribution in [3.63, 3.8) is 0 Å². The Morgan fingerprint density at radius 3 is 3.06 bits per heavy atom. The summed E-state index contributed by atoms with van der Waals surface area (Å²) < 4.78 is 9.94. The standard InChI is InChI=1S/C10H18N4O2/c1-8(6-15-2)13-10(14-11)12-5-9-3-4-16-7-9/h3-4,7-8H,5-6,11H2,1-2H3,(H2,12,13,14). The molecule has 0 amide bonds. The van der Waals surface area contributed by atoms with Gasteiger partial charge in [-0.15, -0.1) is 0 Å². The SMILES string of the molecule is COCC(C)NC(=NCc1ccoc1)NN. The molecule has 0 aliphatic heterocycles. The summed E-state index contributed by atoms with van der Waals surface area (Å²) in [7, 11) is 1.65. The minimum absolute atomic E-state index is 0.143. The van der Waals surface area contributed by atoms with Crippen molar-refractivity contribution in [2.75, 3.05) is 13.7 Å². The molecule has 0 saturated heterocycles. The first-order valence-corrected chi connectivity index (χ1v) is 5.04. The van der Waals surface area contributed by atoms with Crippen molar-refractivity contribution >= 4 is 5.96 Å². The van der Waals surface area contributed by atoms with Gasteiger partial charge in [-0.3, -0.25) is 5.43 Å². The summed E-state index contributed by atoms with van der Waals surface area (Å²) >= 11 is 0. The van der Waals surface area contributed by atoms with Crippen molar-refractivity contribution in [3.8, 4) is 0 Å². The summed E-state index contributed by atoms with van der Waals surface area (Å²) in [5.74, 6) is 5.88. The van der Waals surface area contributed by atoms with Gasteiger partial charge in [0.2, 0.25) is 5.96 Å². The summed E-state index contributed by atoms with van der Waals surface area (Å²) in [5.41, 5.74) is 3.50. The molecule has 0 fully saturated rings. The molecule has 1 aromatic heterocycles. The number of nitrogens with one attached hydrogen (secondary N) is 2. The number of guanidine groups is 1. The first-order chi connectivity index (χ1) is 7.76. The quantitative estimate of drug-likeness (QED) is 0.289. The van der Waals surface area contributed by atoms with Crippen molar-refractivity contribution in [2.24, 2.45) is 10.8 Å². The van der Waals surface area contributed by atoms with Crippen LogP contribution in [0.3, 0.4) is 0 Å². The normalized spacial score (nSPS) is 13.6. The fourth-order valence-corrected chi connectivity index (χ4v) is 1.21. The topological polar surface area (TPSA) is 84.8 Å². The molecule has 0 bridgehead atoms. The van der Waals surface area contributed by atoms with Gasteiger partial charge in [0, 0.05) is 18.7 Å². The van der Waals surface area contributed by atoms with E-state index < -0.39 is 0 Å². The number of methoxy groups -OCH3 is 1. The molecule has 16 heavy (non-hydrogen) atoms. The predicted molar refractivity (Wildman–Crippen MR) is 61.6 cm³/mol. The van der Waals surface area contributed by atoms with E-state index in [0.717, 1.165) is 5.56 Å². The zero-order chi connectivity index (χ0) is 11.8. The average Bonchev–Trinajstić information content (AvgIpc) is 2.77. The van der Waals surface area contributed by atoms with Gasteiger partial charge in [-0.05, 0) is 13.0 Å². The summed E-state index contributed by atoms with van der Waals surface area (Å²) in [6.07, 6.45) is 3.26. The van der Waals surface area contributed by atoms with Crippen LogP contribution >= 0.6 is 0 Å². The maximum atomic E-state index is 5.35. The fraction of sp³-hybridized carbons (Fsp3) is 0.500. The molecule has 4 N–H and O–H groups in total. The Hall–Kier alpha value is -1.53. The third kappa shape index (κ3) is 4.33. The van der Waals surface area contributed by atoms with Crippen LogP contribution in [-0.4, -0.2) is 25.7 Å². The van der Waals surface area contributed by atoms with Gasteiger partial charge < -0.3 is 14.5 Å². The number of aliphatic imine (C=N–C) groups is 1. The number of hydrazine groups is 1. The van der Waals surface area contributed by atoms with E-state index >= 15 is 0 Å².